The molecule has 2 heterocycles. The van der Waals surface area contributed by atoms with E-state index in [1.54, 1.807) is 0 Å². The third-order valence-electron chi connectivity index (χ3n) is 2.52. The number of aryl methyl sites for hydroxylation is 1. The highest BCUT2D eigenvalue weighted by Crippen LogP contribution is 2.17. The molecule has 2 rings (SSSR count). The predicted octanol–water partition coefficient (Wildman–Crippen LogP) is 2.37. The van der Waals surface area contributed by atoms with Gasteiger partial charge in [-0.1, -0.05) is 18.3 Å². The molecule has 0 aliphatic heterocycles. The zero-order valence-corrected chi connectivity index (χ0v) is 13.0. The summed E-state index contributed by atoms with van der Waals surface area (Å²) < 4.78 is 1.42. The second kappa shape index (κ2) is 6.23. The van der Waals surface area contributed by atoms with Crippen LogP contribution in [0.4, 0.5) is 5.69 Å². The molecule has 9 heteroatoms. The Bertz CT molecular complexity index is 697. The Balaban J connectivity index is 2.32. The lowest BCUT2D eigenvalue weighted by Crippen LogP contribution is -2.21. The normalized spacial score (nSPS) is 10.7. The summed E-state index contributed by atoms with van der Waals surface area (Å²) in [6.07, 6.45) is 3.02. The van der Waals surface area contributed by atoms with E-state index < -0.39 is 4.92 Å². The number of halogens is 1. The monoisotopic (exact) mass is 358 g/mol. The van der Waals surface area contributed by atoms with Crippen molar-refractivity contribution >= 4 is 33.0 Å². The minimum Gasteiger partial charge on any atom is -0.301 e. The molecule has 7 nitrogen and oxygen atoms in total. The van der Waals surface area contributed by atoms with Crippen LogP contribution in [0, 0.1) is 10.1 Å². The van der Waals surface area contributed by atoms with Crippen molar-refractivity contribution in [1.29, 1.82) is 0 Å². The zero-order valence-electron chi connectivity index (χ0n) is 10.6. The second-order valence-electron chi connectivity index (χ2n) is 4.08. The van der Waals surface area contributed by atoms with Crippen LogP contribution >= 0.6 is 27.3 Å². The number of hydrogen-bond donors (Lipinski definition) is 0. The van der Waals surface area contributed by atoms with E-state index in [4.69, 9.17) is 0 Å². The Morgan fingerprint density at radius 1 is 1.45 bits per heavy atom. The van der Waals surface area contributed by atoms with Crippen molar-refractivity contribution in [2.75, 3.05) is 0 Å². The van der Waals surface area contributed by atoms with Crippen LogP contribution in [-0.4, -0.2) is 19.7 Å². The van der Waals surface area contributed by atoms with Crippen molar-refractivity contribution in [1.82, 2.24) is 14.8 Å². The van der Waals surface area contributed by atoms with E-state index in [1.165, 1.54) is 28.2 Å². The van der Waals surface area contributed by atoms with Gasteiger partial charge in [0.15, 0.2) is 0 Å². The summed E-state index contributed by atoms with van der Waals surface area (Å²) in [4.78, 5) is 22.2. The van der Waals surface area contributed by atoms with Crippen molar-refractivity contribution in [3.05, 3.63) is 47.2 Å². The highest BCUT2D eigenvalue weighted by Gasteiger charge is 2.14. The van der Waals surface area contributed by atoms with Gasteiger partial charge < -0.3 is 4.57 Å². The summed E-state index contributed by atoms with van der Waals surface area (Å²) in [6, 6.07) is 1.20. The van der Waals surface area contributed by atoms with E-state index >= 15 is 0 Å². The van der Waals surface area contributed by atoms with Crippen molar-refractivity contribution in [3.63, 3.8) is 0 Å². The molecular weight excluding hydrogens is 348 g/mol. The molecule has 0 saturated heterocycles. The van der Waals surface area contributed by atoms with E-state index in [0.717, 1.165) is 17.8 Å². The highest BCUT2D eigenvalue weighted by atomic mass is 79.9. The summed E-state index contributed by atoms with van der Waals surface area (Å²) in [5.74, 6) is 0. The Labute approximate surface area is 126 Å². The maximum atomic E-state index is 11.9. The standard InChI is InChI=1S/C11H11BrN4O3S/c1-2-3-9-13-14-10(20-9)6-15-5-7(16(18)19)4-8(12)11(15)17/h4-5H,2-3,6H2,1H3. The van der Waals surface area contributed by atoms with Crippen LogP contribution in [0.3, 0.4) is 0 Å². The summed E-state index contributed by atoms with van der Waals surface area (Å²) in [5.41, 5.74) is -0.474. The van der Waals surface area contributed by atoms with Gasteiger partial charge in [0.2, 0.25) is 0 Å². The first-order chi connectivity index (χ1) is 9.51. The van der Waals surface area contributed by atoms with Crippen LogP contribution < -0.4 is 5.56 Å². The van der Waals surface area contributed by atoms with Crippen molar-refractivity contribution in [2.24, 2.45) is 0 Å². The first-order valence-corrected chi connectivity index (χ1v) is 7.48. The van der Waals surface area contributed by atoms with E-state index in [1.807, 2.05) is 6.92 Å². The van der Waals surface area contributed by atoms with Crippen LogP contribution in [-0.2, 0) is 13.0 Å². The lowest BCUT2D eigenvalue weighted by atomic mass is 10.4. The summed E-state index contributed by atoms with van der Waals surface area (Å²) in [5, 5.41) is 20.4. The minimum atomic E-state index is -0.538. The molecule has 0 N–H and O–H groups in total. The largest absolute Gasteiger partial charge is 0.301 e. The number of nitrogens with zero attached hydrogens (tertiary/aromatic N) is 4. The van der Waals surface area contributed by atoms with Crippen LogP contribution in [0.5, 0.6) is 0 Å². The summed E-state index contributed by atoms with van der Waals surface area (Å²) >= 11 is 4.45. The molecule has 0 amide bonds. The molecule has 2 aromatic rings. The predicted molar refractivity (Wildman–Crippen MR) is 78.1 cm³/mol. The maximum Gasteiger partial charge on any atom is 0.286 e. The molecule has 0 spiro atoms. The number of pyridine rings is 1. The lowest BCUT2D eigenvalue weighted by Gasteiger charge is -2.03. The van der Waals surface area contributed by atoms with Crippen LogP contribution in [0.15, 0.2) is 21.5 Å². The maximum absolute atomic E-state index is 11.9. The molecule has 0 fully saturated rings. The van der Waals surface area contributed by atoms with Gasteiger partial charge in [-0.15, -0.1) is 10.2 Å². The fraction of sp³-hybridized carbons (Fsp3) is 0.364. The van der Waals surface area contributed by atoms with Gasteiger partial charge in [-0.25, -0.2) is 0 Å². The zero-order chi connectivity index (χ0) is 14.7. The van der Waals surface area contributed by atoms with Crippen molar-refractivity contribution in [3.8, 4) is 0 Å². The van der Waals surface area contributed by atoms with E-state index in [0.29, 0.717) is 5.01 Å². The molecular formula is C11H11BrN4O3S. The first-order valence-electron chi connectivity index (χ1n) is 5.87. The van der Waals surface area contributed by atoms with Gasteiger partial charge in [0.1, 0.15) is 10.0 Å². The summed E-state index contributed by atoms with van der Waals surface area (Å²) in [6.45, 7) is 2.23. The number of aromatic nitrogens is 3. The Hall–Kier alpha value is -1.61. The molecule has 0 saturated carbocycles. The van der Waals surface area contributed by atoms with Gasteiger partial charge in [0.05, 0.1) is 22.1 Å². The van der Waals surface area contributed by atoms with Crippen molar-refractivity contribution < 1.29 is 4.92 Å². The molecule has 0 radical (unpaired) electrons. The number of rotatable bonds is 5. The fourth-order valence-electron chi connectivity index (χ4n) is 1.61. The van der Waals surface area contributed by atoms with Gasteiger partial charge in [0, 0.05) is 12.5 Å². The first kappa shape index (κ1) is 14.8. The SMILES string of the molecule is CCCc1nnc(Cn2cc([N+](=O)[O-])cc(Br)c2=O)s1. The smallest absolute Gasteiger partial charge is 0.286 e. The molecule has 106 valence electrons. The van der Waals surface area contributed by atoms with E-state index in [9.17, 15) is 14.9 Å². The molecule has 0 aliphatic rings. The van der Waals surface area contributed by atoms with E-state index in [2.05, 4.69) is 26.1 Å². The molecule has 0 bridgehead atoms. The molecule has 2 aromatic heterocycles. The molecule has 0 aromatic carbocycles. The quantitative estimate of drug-likeness (QED) is 0.604. The van der Waals surface area contributed by atoms with Crippen LogP contribution in [0.2, 0.25) is 0 Å². The van der Waals surface area contributed by atoms with Gasteiger partial charge in [-0.2, -0.15) is 0 Å². The fourth-order valence-corrected chi connectivity index (χ4v) is 3.02. The molecule has 0 atom stereocenters. The van der Waals surface area contributed by atoms with Crippen LogP contribution in [0.25, 0.3) is 0 Å². The second-order valence-corrected chi connectivity index (χ2v) is 6.08. The van der Waals surface area contributed by atoms with Crippen molar-refractivity contribution in [2.45, 2.75) is 26.3 Å². The highest BCUT2D eigenvalue weighted by molar-refractivity contribution is 9.10. The Morgan fingerprint density at radius 3 is 2.80 bits per heavy atom. The summed E-state index contributed by atoms with van der Waals surface area (Å²) in [7, 11) is 0. The minimum absolute atomic E-state index is 0.144. The van der Waals surface area contributed by atoms with Gasteiger partial charge in [-0.05, 0) is 22.4 Å². The average molecular weight is 359 g/mol. The third-order valence-corrected chi connectivity index (χ3v) is 4.05. The third kappa shape index (κ3) is 3.28. The van der Waals surface area contributed by atoms with Gasteiger partial charge >= 0.3 is 0 Å². The molecule has 20 heavy (non-hydrogen) atoms. The number of hydrogen-bond acceptors (Lipinski definition) is 6. The number of nitro groups is 1. The molecule has 0 aliphatic carbocycles. The Morgan fingerprint density at radius 2 is 2.15 bits per heavy atom. The topological polar surface area (TPSA) is 90.9 Å². The van der Waals surface area contributed by atoms with Gasteiger partial charge in [0.25, 0.3) is 11.2 Å². The lowest BCUT2D eigenvalue weighted by molar-refractivity contribution is -0.385. The molecule has 0 unspecified atom stereocenters. The average Bonchev–Trinajstić information content (AvgIpc) is 2.82. The van der Waals surface area contributed by atoms with E-state index in [-0.39, 0.29) is 22.3 Å². The Kier molecular flexibility index (Phi) is 4.61. The van der Waals surface area contributed by atoms with Crippen LogP contribution in [0.1, 0.15) is 23.4 Å². The van der Waals surface area contributed by atoms with Gasteiger partial charge in [-0.3, -0.25) is 14.9 Å².